The van der Waals surface area contributed by atoms with E-state index >= 15 is 0 Å². The number of aliphatic imine (C=N–C) groups is 1. The third-order valence-electron chi connectivity index (χ3n) is 4.43. The number of piperidine rings is 1. The first-order valence-electron chi connectivity index (χ1n) is 9.44. The van der Waals surface area contributed by atoms with E-state index < -0.39 is 0 Å². The van der Waals surface area contributed by atoms with Crippen molar-refractivity contribution in [2.75, 3.05) is 46.4 Å². The van der Waals surface area contributed by atoms with Gasteiger partial charge in [0.05, 0.1) is 11.6 Å². The van der Waals surface area contributed by atoms with E-state index in [1.165, 1.54) is 9.88 Å². The van der Waals surface area contributed by atoms with E-state index in [-0.39, 0.29) is 24.0 Å². The molecule has 1 aromatic heterocycles. The van der Waals surface area contributed by atoms with Crippen molar-refractivity contribution in [3.8, 4) is 0 Å². The quantitative estimate of drug-likeness (QED) is 0.313. The van der Waals surface area contributed by atoms with Gasteiger partial charge in [-0.15, -0.1) is 35.3 Å². The molecule has 26 heavy (non-hydrogen) atoms. The Morgan fingerprint density at radius 3 is 2.77 bits per heavy atom. The molecule has 0 amide bonds. The fourth-order valence-electron chi connectivity index (χ4n) is 2.93. The van der Waals surface area contributed by atoms with Gasteiger partial charge < -0.3 is 20.3 Å². The highest BCUT2D eigenvalue weighted by molar-refractivity contribution is 14.0. The van der Waals surface area contributed by atoms with Crippen LogP contribution in [0.25, 0.3) is 0 Å². The van der Waals surface area contributed by atoms with E-state index in [1.807, 2.05) is 6.20 Å². The zero-order valence-corrected chi connectivity index (χ0v) is 19.4. The van der Waals surface area contributed by atoms with Gasteiger partial charge in [-0.1, -0.05) is 6.92 Å². The summed E-state index contributed by atoms with van der Waals surface area (Å²) < 4.78 is 5.17. The number of hydrogen-bond acceptors (Lipinski definition) is 5. The number of hydrogen-bond donors (Lipinski definition) is 2. The van der Waals surface area contributed by atoms with Gasteiger partial charge in [0.15, 0.2) is 5.96 Å². The van der Waals surface area contributed by atoms with Gasteiger partial charge in [-0.05, 0) is 26.2 Å². The molecule has 8 heteroatoms. The van der Waals surface area contributed by atoms with Crippen molar-refractivity contribution < 1.29 is 4.74 Å². The highest BCUT2D eigenvalue weighted by atomic mass is 127. The summed E-state index contributed by atoms with van der Waals surface area (Å²) in [5.74, 6) is 0.935. The third-order valence-corrected chi connectivity index (χ3v) is 5.63. The number of halogens is 1. The van der Waals surface area contributed by atoms with Gasteiger partial charge in [-0.2, -0.15) is 0 Å². The molecule has 150 valence electrons. The maximum Gasteiger partial charge on any atom is 0.191 e. The number of guanidine groups is 1. The minimum atomic E-state index is 0. The average molecular weight is 495 g/mol. The smallest absolute Gasteiger partial charge is 0.191 e. The molecule has 0 aromatic carbocycles. The molecule has 1 aromatic rings. The van der Waals surface area contributed by atoms with E-state index in [9.17, 15) is 0 Å². The van der Waals surface area contributed by atoms with Crippen LogP contribution in [0.4, 0.5) is 0 Å². The summed E-state index contributed by atoms with van der Waals surface area (Å²) in [4.78, 5) is 13.0. The lowest BCUT2D eigenvalue weighted by atomic mass is 10.1. The normalized spacial score (nSPS) is 16.3. The highest BCUT2D eigenvalue weighted by Crippen LogP contribution is 2.14. The summed E-state index contributed by atoms with van der Waals surface area (Å²) in [7, 11) is 1.77. The van der Waals surface area contributed by atoms with Crippen molar-refractivity contribution in [3.05, 3.63) is 16.1 Å². The van der Waals surface area contributed by atoms with E-state index in [1.54, 1.807) is 18.4 Å². The Morgan fingerprint density at radius 1 is 1.38 bits per heavy atom. The van der Waals surface area contributed by atoms with Gasteiger partial charge >= 0.3 is 0 Å². The number of rotatable bonds is 9. The minimum absolute atomic E-state index is 0. The summed E-state index contributed by atoms with van der Waals surface area (Å²) >= 11 is 1.80. The molecule has 0 radical (unpaired) electrons. The molecule has 0 unspecified atom stereocenters. The summed E-state index contributed by atoms with van der Waals surface area (Å²) in [6.45, 7) is 10.0. The number of ether oxygens (including phenoxy) is 1. The first kappa shape index (κ1) is 23.6. The van der Waals surface area contributed by atoms with Crippen LogP contribution in [-0.2, 0) is 17.6 Å². The second kappa shape index (κ2) is 13.7. The van der Waals surface area contributed by atoms with Gasteiger partial charge in [-0.3, -0.25) is 4.99 Å². The first-order valence-corrected chi connectivity index (χ1v) is 10.3. The second-order valence-corrected chi connectivity index (χ2v) is 7.54. The van der Waals surface area contributed by atoms with Crippen LogP contribution < -0.4 is 10.6 Å². The number of aryl methyl sites for hydroxylation is 1. The van der Waals surface area contributed by atoms with Crippen molar-refractivity contribution in [2.24, 2.45) is 4.99 Å². The molecule has 0 atom stereocenters. The van der Waals surface area contributed by atoms with Crippen LogP contribution in [0.5, 0.6) is 0 Å². The zero-order chi connectivity index (χ0) is 17.9. The van der Waals surface area contributed by atoms with Gasteiger partial charge in [0.2, 0.25) is 0 Å². The molecule has 6 nitrogen and oxygen atoms in total. The Kier molecular flexibility index (Phi) is 12.4. The molecule has 1 aliphatic heterocycles. The molecule has 0 spiro atoms. The topological polar surface area (TPSA) is 61.8 Å². The Morgan fingerprint density at radius 2 is 2.15 bits per heavy atom. The van der Waals surface area contributed by atoms with Crippen LogP contribution in [0.3, 0.4) is 0 Å². The van der Waals surface area contributed by atoms with E-state index in [2.05, 4.69) is 34.4 Å². The fourth-order valence-corrected chi connectivity index (χ4v) is 3.78. The maximum absolute atomic E-state index is 5.17. The maximum atomic E-state index is 5.17. The molecule has 2 heterocycles. The minimum Gasteiger partial charge on any atom is -0.383 e. The number of nitrogens with one attached hydrogen (secondary N) is 2. The number of likely N-dealkylation sites (tertiary alicyclic amines) is 1. The number of thiazole rings is 1. The van der Waals surface area contributed by atoms with Gasteiger partial charge in [0.25, 0.3) is 0 Å². The molecule has 1 saturated heterocycles. The molecule has 2 N–H and O–H groups in total. The SMILES string of the molecule is CCNC(=NCCc1ncc(CC)s1)NC1CCN(CCOC)CC1.I. The molecular formula is C18H34IN5OS. The number of nitrogens with zero attached hydrogens (tertiary/aromatic N) is 3. The second-order valence-electron chi connectivity index (χ2n) is 6.34. The van der Waals surface area contributed by atoms with Gasteiger partial charge in [0, 0.05) is 63.4 Å². The van der Waals surface area contributed by atoms with Crippen LogP contribution in [0.15, 0.2) is 11.2 Å². The fraction of sp³-hybridized carbons (Fsp3) is 0.778. The van der Waals surface area contributed by atoms with Crippen LogP contribution >= 0.6 is 35.3 Å². The van der Waals surface area contributed by atoms with Crippen LogP contribution in [0.1, 0.15) is 36.6 Å². The lowest BCUT2D eigenvalue weighted by Gasteiger charge is -2.32. The summed E-state index contributed by atoms with van der Waals surface area (Å²) in [6.07, 6.45) is 6.27. The van der Waals surface area contributed by atoms with Crippen molar-refractivity contribution in [1.29, 1.82) is 0 Å². The predicted molar refractivity (Wildman–Crippen MR) is 121 cm³/mol. The Labute approximate surface area is 179 Å². The first-order chi connectivity index (χ1) is 12.2. The molecule has 1 aliphatic rings. The van der Waals surface area contributed by atoms with Crippen molar-refractivity contribution >= 4 is 41.3 Å². The van der Waals surface area contributed by atoms with Crippen LogP contribution in [0.2, 0.25) is 0 Å². The summed E-state index contributed by atoms with van der Waals surface area (Å²) in [6, 6.07) is 0.503. The lowest BCUT2D eigenvalue weighted by Crippen LogP contribution is -2.49. The molecule has 2 rings (SSSR count). The largest absolute Gasteiger partial charge is 0.383 e. The van der Waals surface area contributed by atoms with Crippen molar-refractivity contribution in [2.45, 2.75) is 45.6 Å². The highest BCUT2D eigenvalue weighted by Gasteiger charge is 2.19. The van der Waals surface area contributed by atoms with E-state index in [0.717, 1.165) is 71.0 Å². The Balaban J connectivity index is 0.00000338. The predicted octanol–water partition coefficient (Wildman–Crippen LogP) is 2.53. The zero-order valence-electron chi connectivity index (χ0n) is 16.3. The standard InChI is InChI=1S/C18H33N5OS.HI/c1-4-16-14-21-17(25-16)6-9-20-18(19-5-2)22-15-7-10-23(11-8-15)12-13-24-3;/h14-15H,4-13H2,1-3H3,(H2,19,20,22);1H. The molecule has 0 bridgehead atoms. The van der Waals surface area contributed by atoms with E-state index in [4.69, 9.17) is 9.73 Å². The number of methoxy groups -OCH3 is 1. The summed E-state index contributed by atoms with van der Waals surface area (Å²) in [5, 5.41) is 8.15. The molecule has 0 aliphatic carbocycles. The van der Waals surface area contributed by atoms with Crippen molar-refractivity contribution in [1.82, 2.24) is 20.5 Å². The number of aromatic nitrogens is 1. The molecule has 1 fully saturated rings. The lowest BCUT2D eigenvalue weighted by molar-refractivity contribution is 0.128. The summed E-state index contributed by atoms with van der Waals surface area (Å²) in [5.41, 5.74) is 0. The monoisotopic (exact) mass is 495 g/mol. The Bertz CT molecular complexity index is 517. The van der Waals surface area contributed by atoms with Gasteiger partial charge in [-0.25, -0.2) is 4.98 Å². The average Bonchev–Trinajstić information content (AvgIpc) is 3.09. The molecular weight excluding hydrogens is 461 g/mol. The third kappa shape index (κ3) is 8.49. The molecule has 0 saturated carbocycles. The van der Waals surface area contributed by atoms with Crippen molar-refractivity contribution in [3.63, 3.8) is 0 Å². The van der Waals surface area contributed by atoms with E-state index in [0.29, 0.717) is 6.04 Å². The van der Waals surface area contributed by atoms with Crippen LogP contribution in [-0.4, -0.2) is 68.3 Å². The Hall–Kier alpha value is -0.450. The van der Waals surface area contributed by atoms with Gasteiger partial charge in [0.1, 0.15) is 0 Å². The van der Waals surface area contributed by atoms with Crippen LogP contribution in [0, 0.1) is 0 Å².